The first kappa shape index (κ1) is 19.4. The number of aliphatic carboxylic acids is 1. The Kier molecular flexibility index (Phi) is 6.18. The van der Waals surface area contributed by atoms with Crippen molar-refractivity contribution in [1.29, 1.82) is 0 Å². The molecule has 0 saturated carbocycles. The Hall–Kier alpha value is -2.32. The van der Waals surface area contributed by atoms with Crippen molar-refractivity contribution < 1.29 is 9.90 Å². The van der Waals surface area contributed by atoms with E-state index in [1.165, 1.54) is 22.6 Å². The van der Waals surface area contributed by atoms with E-state index in [4.69, 9.17) is 5.11 Å². The van der Waals surface area contributed by atoms with Gasteiger partial charge in [0.05, 0.1) is 11.9 Å². The number of aromatic nitrogens is 2. The Balaban J connectivity index is 1.71. The number of fused-ring (bicyclic) bond motifs is 1. The van der Waals surface area contributed by atoms with E-state index in [2.05, 4.69) is 53.9 Å². The molecule has 1 aliphatic heterocycles. The lowest BCUT2D eigenvalue weighted by Crippen LogP contribution is -2.22. The van der Waals surface area contributed by atoms with Gasteiger partial charge < -0.3 is 5.11 Å². The van der Waals surface area contributed by atoms with Crippen LogP contribution < -0.4 is 0 Å². The molecule has 0 bridgehead atoms. The maximum atomic E-state index is 10.6. The minimum atomic E-state index is -0.757. The van der Waals surface area contributed by atoms with E-state index in [1.807, 2.05) is 11.8 Å². The van der Waals surface area contributed by atoms with Crippen molar-refractivity contribution in [1.82, 2.24) is 9.97 Å². The summed E-state index contributed by atoms with van der Waals surface area (Å²) in [4.78, 5) is 20.7. The van der Waals surface area contributed by atoms with E-state index < -0.39 is 5.97 Å². The molecule has 0 atom stereocenters. The van der Waals surface area contributed by atoms with Crippen LogP contribution in [0.2, 0.25) is 0 Å². The van der Waals surface area contributed by atoms with E-state index in [0.29, 0.717) is 12.1 Å². The van der Waals surface area contributed by atoms with Gasteiger partial charge in [-0.1, -0.05) is 19.8 Å². The van der Waals surface area contributed by atoms with Gasteiger partial charge in [0.15, 0.2) is 0 Å². The van der Waals surface area contributed by atoms with Gasteiger partial charge in [-0.15, -0.1) is 11.8 Å². The van der Waals surface area contributed by atoms with Gasteiger partial charge in [-0.05, 0) is 66.5 Å². The minimum Gasteiger partial charge on any atom is -0.481 e. The second kappa shape index (κ2) is 8.58. The molecule has 0 saturated heterocycles. The third-order valence-electron chi connectivity index (χ3n) is 4.79. The molecular weight excluding hydrogens is 356 g/mol. The van der Waals surface area contributed by atoms with Gasteiger partial charge in [0.2, 0.25) is 0 Å². The van der Waals surface area contributed by atoms with Crippen LogP contribution in [-0.2, 0) is 16.6 Å². The molecule has 0 spiro atoms. The van der Waals surface area contributed by atoms with Crippen LogP contribution in [0, 0.1) is 11.8 Å². The van der Waals surface area contributed by atoms with E-state index in [9.17, 15) is 4.79 Å². The van der Waals surface area contributed by atoms with Crippen molar-refractivity contribution in [3.05, 3.63) is 53.1 Å². The Morgan fingerprint density at radius 2 is 2.11 bits per heavy atom. The van der Waals surface area contributed by atoms with Crippen molar-refractivity contribution in [2.45, 2.75) is 56.3 Å². The number of rotatable bonds is 5. The Bertz CT molecular complexity index is 897. The van der Waals surface area contributed by atoms with Crippen molar-refractivity contribution in [2.75, 3.05) is 5.75 Å². The van der Waals surface area contributed by atoms with Crippen LogP contribution in [0.3, 0.4) is 0 Å². The van der Waals surface area contributed by atoms with E-state index in [0.717, 1.165) is 24.1 Å². The number of hydrogen-bond acceptors (Lipinski definition) is 4. The van der Waals surface area contributed by atoms with Gasteiger partial charge in [-0.2, -0.15) is 0 Å². The van der Waals surface area contributed by atoms with Gasteiger partial charge in [0.1, 0.15) is 5.69 Å². The second-order valence-corrected chi connectivity index (χ2v) is 8.58. The Morgan fingerprint density at radius 3 is 2.93 bits per heavy atom. The lowest BCUT2D eigenvalue weighted by Gasteiger charge is -2.32. The predicted molar refractivity (Wildman–Crippen MR) is 108 cm³/mol. The lowest BCUT2D eigenvalue weighted by atomic mass is 9.81. The molecule has 4 nitrogen and oxygen atoms in total. The maximum Gasteiger partial charge on any atom is 0.303 e. The topological polar surface area (TPSA) is 63.1 Å². The highest BCUT2D eigenvalue weighted by Gasteiger charge is 2.27. The van der Waals surface area contributed by atoms with Crippen molar-refractivity contribution in [3.8, 4) is 11.8 Å². The third-order valence-corrected chi connectivity index (χ3v) is 5.86. The van der Waals surface area contributed by atoms with Crippen molar-refractivity contribution in [3.63, 3.8) is 0 Å². The van der Waals surface area contributed by atoms with Crippen molar-refractivity contribution in [2.24, 2.45) is 0 Å². The SMILES string of the molecule is CC1(C)CCSc2ccc(C#Cc3cncc(CCCCC(=O)O)n3)cc21. The molecule has 27 heavy (non-hydrogen) atoms. The van der Waals surface area contributed by atoms with Crippen LogP contribution in [-0.4, -0.2) is 26.8 Å². The number of carboxylic acids is 1. The average Bonchev–Trinajstić information content (AvgIpc) is 2.64. The van der Waals surface area contributed by atoms with E-state index >= 15 is 0 Å². The quantitative estimate of drug-likeness (QED) is 0.613. The maximum absolute atomic E-state index is 10.6. The fraction of sp³-hybridized carbons (Fsp3) is 0.409. The van der Waals surface area contributed by atoms with Gasteiger partial charge in [0, 0.05) is 23.1 Å². The van der Waals surface area contributed by atoms with Crippen molar-refractivity contribution >= 4 is 17.7 Å². The molecule has 0 radical (unpaired) electrons. The normalized spacial score (nSPS) is 14.7. The molecule has 1 aromatic carbocycles. The molecule has 0 fully saturated rings. The number of aryl methyl sites for hydroxylation is 1. The first-order valence-corrected chi connectivity index (χ1v) is 10.2. The molecule has 2 heterocycles. The van der Waals surface area contributed by atoms with E-state index in [-0.39, 0.29) is 11.8 Å². The molecule has 3 rings (SSSR count). The molecule has 2 aromatic rings. The molecular formula is C22H24N2O2S. The van der Waals surface area contributed by atoms with Gasteiger partial charge in [0.25, 0.3) is 0 Å². The second-order valence-electron chi connectivity index (χ2n) is 7.44. The summed E-state index contributed by atoms with van der Waals surface area (Å²) >= 11 is 1.92. The third kappa shape index (κ3) is 5.33. The highest BCUT2D eigenvalue weighted by atomic mass is 32.2. The molecule has 140 valence electrons. The molecule has 0 aliphatic carbocycles. The molecule has 0 amide bonds. The average molecular weight is 381 g/mol. The first-order chi connectivity index (χ1) is 12.9. The Morgan fingerprint density at radius 1 is 1.26 bits per heavy atom. The zero-order valence-electron chi connectivity index (χ0n) is 15.8. The summed E-state index contributed by atoms with van der Waals surface area (Å²) in [7, 11) is 0. The van der Waals surface area contributed by atoms with Crippen LogP contribution in [0.15, 0.2) is 35.5 Å². The summed E-state index contributed by atoms with van der Waals surface area (Å²) in [6, 6.07) is 6.45. The number of unbranched alkanes of at least 4 members (excludes halogenated alkanes) is 1. The lowest BCUT2D eigenvalue weighted by molar-refractivity contribution is -0.137. The first-order valence-electron chi connectivity index (χ1n) is 9.26. The summed E-state index contributed by atoms with van der Waals surface area (Å²) in [5.74, 6) is 6.75. The zero-order valence-corrected chi connectivity index (χ0v) is 16.6. The van der Waals surface area contributed by atoms with Gasteiger partial charge in [-0.3, -0.25) is 9.78 Å². The summed E-state index contributed by atoms with van der Waals surface area (Å²) in [5, 5.41) is 8.69. The standard InChI is InChI=1S/C22H24N2O2S/c1-22(2)11-12-27-20-10-8-16(13-19(20)22)7-9-18-15-23-14-17(24-18)5-3-4-6-21(25)26/h8,10,13-15H,3-6,11-12H2,1-2H3,(H,25,26). The van der Waals surface area contributed by atoms with Crippen LogP contribution in [0.1, 0.15) is 62.0 Å². The monoisotopic (exact) mass is 380 g/mol. The number of carbonyl (C=O) groups is 1. The summed E-state index contributed by atoms with van der Waals surface area (Å²) < 4.78 is 0. The molecule has 1 aromatic heterocycles. The Labute approximate surface area is 164 Å². The van der Waals surface area contributed by atoms with Crippen LogP contribution >= 0.6 is 11.8 Å². The number of benzene rings is 1. The smallest absolute Gasteiger partial charge is 0.303 e. The number of nitrogens with zero attached hydrogens (tertiary/aromatic N) is 2. The van der Waals surface area contributed by atoms with Crippen LogP contribution in [0.25, 0.3) is 0 Å². The zero-order chi connectivity index (χ0) is 19.3. The largest absolute Gasteiger partial charge is 0.481 e. The highest BCUT2D eigenvalue weighted by molar-refractivity contribution is 7.99. The molecule has 1 N–H and O–H groups in total. The fourth-order valence-electron chi connectivity index (χ4n) is 3.12. The van der Waals surface area contributed by atoms with E-state index in [1.54, 1.807) is 12.4 Å². The number of hydrogen-bond donors (Lipinski definition) is 1. The fourth-order valence-corrected chi connectivity index (χ4v) is 4.61. The van der Waals surface area contributed by atoms with Gasteiger partial charge in [-0.25, -0.2) is 4.98 Å². The van der Waals surface area contributed by atoms with Crippen LogP contribution in [0.5, 0.6) is 0 Å². The number of carboxylic acid groups (broad SMARTS) is 1. The number of thioether (sulfide) groups is 1. The highest BCUT2D eigenvalue weighted by Crippen LogP contribution is 2.41. The molecule has 0 unspecified atom stereocenters. The van der Waals surface area contributed by atoms with Gasteiger partial charge >= 0.3 is 5.97 Å². The summed E-state index contributed by atoms with van der Waals surface area (Å²) in [6.45, 7) is 4.59. The molecule has 5 heteroatoms. The predicted octanol–water partition coefficient (Wildman–Crippen LogP) is 4.45. The summed E-state index contributed by atoms with van der Waals surface area (Å²) in [5.41, 5.74) is 4.07. The molecule has 1 aliphatic rings. The van der Waals surface area contributed by atoms with Crippen LogP contribution in [0.4, 0.5) is 0 Å². The summed E-state index contributed by atoms with van der Waals surface area (Å²) in [6.07, 6.45) is 6.93. The minimum absolute atomic E-state index is 0.188.